The van der Waals surface area contributed by atoms with Crippen molar-refractivity contribution in [3.63, 3.8) is 0 Å². The number of amides is 1. The van der Waals surface area contributed by atoms with Crippen molar-refractivity contribution in [3.05, 3.63) is 28.0 Å². The van der Waals surface area contributed by atoms with Crippen molar-refractivity contribution in [2.24, 2.45) is 5.92 Å². The zero-order valence-corrected chi connectivity index (χ0v) is 11.5. The summed E-state index contributed by atoms with van der Waals surface area (Å²) in [5.41, 5.74) is 0.247. The minimum atomic E-state index is -0.877. The molecule has 0 aliphatic carbocycles. The van der Waals surface area contributed by atoms with Gasteiger partial charge in [-0.3, -0.25) is 9.59 Å². The molecule has 1 atom stereocenters. The van der Waals surface area contributed by atoms with Gasteiger partial charge in [0.25, 0.3) is 5.91 Å². The lowest BCUT2D eigenvalue weighted by Gasteiger charge is -2.30. The van der Waals surface area contributed by atoms with Gasteiger partial charge in [-0.25, -0.2) is 4.98 Å². The lowest BCUT2D eigenvalue weighted by molar-refractivity contribution is -0.143. The molecule has 102 valence electrons. The monoisotopic (exact) mass is 302 g/mol. The van der Waals surface area contributed by atoms with E-state index in [1.807, 2.05) is 0 Å². The zero-order chi connectivity index (χ0) is 14.0. The summed E-state index contributed by atoms with van der Waals surface area (Å²) in [5.74, 6) is -1.70. The Morgan fingerprint density at radius 2 is 2.11 bits per heavy atom. The van der Waals surface area contributed by atoms with Crippen LogP contribution < -0.4 is 0 Å². The maximum absolute atomic E-state index is 12.3. The van der Waals surface area contributed by atoms with Gasteiger partial charge >= 0.3 is 5.97 Å². The van der Waals surface area contributed by atoms with Crippen molar-refractivity contribution in [1.82, 2.24) is 9.88 Å². The maximum Gasteiger partial charge on any atom is 0.308 e. The molecule has 1 aliphatic heterocycles. The first kappa shape index (κ1) is 14.1. The summed E-state index contributed by atoms with van der Waals surface area (Å²) >= 11 is 11.6. The molecule has 7 heteroatoms. The SMILES string of the molecule is O=C(O)[C@H]1CCCN(C(=O)c2ccc(Cl)nc2Cl)C1. The highest BCUT2D eigenvalue weighted by Gasteiger charge is 2.29. The van der Waals surface area contributed by atoms with Crippen LogP contribution >= 0.6 is 23.2 Å². The molecule has 0 spiro atoms. The van der Waals surface area contributed by atoms with Gasteiger partial charge in [0.1, 0.15) is 10.3 Å². The first-order valence-electron chi connectivity index (χ1n) is 5.83. The summed E-state index contributed by atoms with van der Waals surface area (Å²) in [4.78, 5) is 28.6. The molecule has 1 amide bonds. The Morgan fingerprint density at radius 3 is 2.74 bits per heavy atom. The predicted molar refractivity (Wildman–Crippen MR) is 70.5 cm³/mol. The van der Waals surface area contributed by atoms with Crippen molar-refractivity contribution in [2.45, 2.75) is 12.8 Å². The van der Waals surface area contributed by atoms with Crippen LogP contribution in [0.2, 0.25) is 10.3 Å². The Morgan fingerprint density at radius 1 is 1.37 bits per heavy atom. The van der Waals surface area contributed by atoms with Crippen LogP contribution in [0.15, 0.2) is 12.1 Å². The number of halogens is 2. The third kappa shape index (κ3) is 3.16. The number of carbonyl (C=O) groups is 2. The second kappa shape index (κ2) is 5.75. The molecule has 5 nitrogen and oxygen atoms in total. The highest BCUT2D eigenvalue weighted by Crippen LogP contribution is 2.22. The van der Waals surface area contributed by atoms with Crippen molar-refractivity contribution in [1.29, 1.82) is 0 Å². The Kier molecular flexibility index (Phi) is 4.27. The van der Waals surface area contributed by atoms with Crippen LogP contribution in [0.3, 0.4) is 0 Å². The number of piperidine rings is 1. The molecule has 1 aliphatic rings. The second-order valence-electron chi connectivity index (χ2n) is 4.40. The molecular formula is C12H12Cl2N2O3. The number of hydrogen-bond donors (Lipinski definition) is 1. The number of hydrogen-bond acceptors (Lipinski definition) is 3. The number of carbonyl (C=O) groups excluding carboxylic acids is 1. The summed E-state index contributed by atoms with van der Waals surface area (Å²) in [6.45, 7) is 0.731. The molecule has 0 bridgehead atoms. The van der Waals surface area contributed by atoms with Crippen LogP contribution in [-0.2, 0) is 4.79 Å². The zero-order valence-electron chi connectivity index (χ0n) is 9.97. The van der Waals surface area contributed by atoms with Crippen LogP contribution in [0.4, 0.5) is 0 Å². The number of aliphatic carboxylic acids is 1. The molecule has 2 heterocycles. The molecule has 0 aromatic carbocycles. The first-order valence-corrected chi connectivity index (χ1v) is 6.58. The number of nitrogens with zero attached hydrogens (tertiary/aromatic N) is 2. The van der Waals surface area contributed by atoms with Crippen LogP contribution in [0.1, 0.15) is 23.2 Å². The summed E-state index contributed by atoms with van der Waals surface area (Å²) in [5, 5.41) is 9.25. The number of aromatic nitrogens is 1. The minimum Gasteiger partial charge on any atom is -0.481 e. The Bertz CT molecular complexity index is 522. The van der Waals surface area contributed by atoms with E-state index in [0.717, 1.165) is 0 Å². The van der Waals surface area contributed by atoms with Gasteiger partial charge in [0.05, 0.1) is 11.5 Å². The van der Waals surface area contributed by atoms with E-state index in [-0.39, 0.29) is 28.3 Å². The van der Waals surface area contributed by atoms with Gasteiger partial charge in [-0.1, -0.05) is 23.2 Å². The lowest BCUT2D eigenvalue weighted by atomic mass is 9.98. The molecule has 1 fully saturated rings. The van der Waals surface area contributed by atoms with E-state index < -0.39 is 11.9 Å². The Balaban J connectivity index is 2.17. The quantitative estimate of drug-likeness (QED) is 0.851. The summed E-state index contributed by atoms with van der Waals surface area (Å²) in [6.07, 6.45) is 1.26. The molecule has 0 saturated carbocycles. The average molecular weight is 303 g/mol. The second-order valence-corrected chi connectivity index (χ2v) is 5.15. The van der Waals surface area contributed by atoms with Gasteiger partial charge < -0.3 is 10.0 Å². The van der Waals surface area contributed by atoms with E-state index in [9.17, 15) is 9.59 Å². The number of likely N-dealkylation sites (tertiary alicyclic amines) is 1. The van der Waals surface area contributed by atoms with Crippen molar-refractivity contribution >= 4 is 35.1 Å². The molecule has 1 aromatic rings. The van der Waals surface area contributed by atoms with Crippen LogP contribution in [0.5, 0.6) is 0 Å². The van der Waals surface area contributed by atoms with E-state index in [0.29, 0.717) is 19.4 Å². The fourth-order valence-corrected chi connectivity index (χ4v) is 2.53. The van der Waals surface area contributed by atoms with Gasteiger partial charge in [-0.15, -0.1) is 0 Å². The van der Waals surface area contributed by atoms with E-state index >= 15 is 0 Å². The average Bonchev–Trinajstić information content (AvgIpc) is 2.38. The van der Waals surface area contributed by atoms with Crippen LogP contribution in [0, 0.1) is 5.92 Å². The molecule has 1 N–H and O–H groups in total. The highest BCUT2D eigenvalue weighted by molar-refractivity contribution is 6.34. The van der Waals surface area contributed by atoms with Gasteiger partial charge in [0, 0.05) is 13.1 Å². The molecule has 0 radical (unpaired) electrons. The van der Waals surface area contributed by atoms with Crippen LogP contribution in [0.25, 0.3) is 0 Å². The van der Waals surface area contributed by atoms with E-state index in [1.54, 1.807) is 0 Å². The summed E-state index contributed by atoms with van der Waals surface area (Å²) in [7, 11) is 0. The Hall–Kier alpha value is -1.33. The normalized spacial score (nSPS) is 19.3. The van der Waals surface area contributed by atoms with Crippen molar-refractivity contribution in [2.75, 3.05) is 13.1 Å². The topological polar surface area (TPSA) is 70.5 Å². The van der Waals surface area contributed by atoms with E-state index in [1.165, 1.54) is 17.0 Å². The molecule has 0 unspecified atom stereocenters. The number of rotatable bonds is 2. The van der Waals surface area contributed by atoms with Crippen molar-refractivity contribution < 1.29 is 14.7 Å². The number of carboxylic acid groups (broad SMARTS) is 1. The smallest absolute Gasteiger partial charge is 0.308 e. The molecule has 1 saturated heterocycles. The van der Waals surface area contributed by atoms with E-state index in [2.05, 4.69) is 4.98 Å². The molecule has 2 rings (SSSR count). The first-order chi connectivity index (χ1) is 8.99. The fraction of sp³-hybridized carbons (Fsp3) is 0.417. The third-order valence-corrected chi connectivity index (χ3v) is 3.60. The molecule has 19 heavy (non-hydrogen) atoms. The third-order valence-electron chi connectivity index (χ3n) is 3.10. The van der Waals surface area contributed by atoms with Crippen molar-refractivity contribution in [3.8, 4) is 0 Å². The predicted octanol–water partition coefficient (Wildman–Crippen LogP) is 2.33. The highest BCUT2D eigenvalue weighted by atomic mass is 35.5. The maximum atomic E-state index is 12.3. The van der Waals surface area contributed by atoms with E-state index in [4.69, 9.17) is 28.3 Å². The number of pyridine rings is 1. The minimum absolute atomic E-state index is 0.0370. The molecule has 1 aromatic heterocycles. The summed E-state index contributed by atoms with van der Waals surface area (Å²) < 4.78 is 0. The molecular weight excluding hydrogens is 291 g/mol. The van der Waals surface area contributed by atoms with Gasteiger partial charge in [-0.2, -0.15) is 0 Å². The largest absolute Gasteiger partial charge is 0.481 e. The number of carboxylic acids is 1. The Labute approximate surface area is 120 Å². The fourth-order valence-electron chi connectivity index (χ4n) is 2.11. The summed E-state index contributed by atoms with van der Waals surface area (Å²) in [6, 6.07) is 2.99. The standard InChI is InChI=1S/C12H12Cl2N2O3/c13-9-4-3-8(10(14)15-9)11(17)16-5-1-2-7(6-16)12(18)19/h3-4,7H,1-2,5-6H2,(H,18,19)/t7-/m0/s1. The van der Waals surface area contributed by atoms with Gasteiger partial charge in [0.2, 0.25) is 0 Å². The van der Waals surface area contributed by atoms with Gasteiger partial charge in [0.15, 0.2) is 0 Å². The van der Waals surface area contributed by atoms with Crippen LogP contribution in [-0.4, -0.2) is 40.0 Å². The van der Waals surface area contributed by atoms with Gasteiger partial charge in [-0.05, 0) is 25.0 Å². The lowest BCUT2D eigenvalue weighted by Crippen LogP contribution is -2.42.